The Morgan fingerprint density at radius 2 is 1.39 bits per heavy atom. The van der Waals surface area contributed by atoms with E-state index >= 15 is 0 Å². The molecule has 0 saturated carbocycles. The molecule has 3 rings (SSSR count). The largest absolute Gasteiger partial charge is 0.387 e. The summed E-state index contributed by atoms with van der Waals surface area (Å²) < 4.78 is 11.4. The summed E-state index contributed by atoms with van der Waals surface area (Å²) in [6.45, 7) is 0.551. The predicted molar refractivity (Wildman–Crippen MR) is 121 cm³/mol. The number of nitrogens with one attached hydrogen (secondary N) is 1. The standard InChI is InChI=1S/C26H27NO4/c28-24(16-17-27-23-14-8-3-9-15-23)26(31-19-22-12-6-2-7-13-22)25(29)20-30-18-21-10-4-1-5-11-21/h1-17,25-27,29H,18-20H2/b17-16+/t25-,26+/m1/s1. The molecule has 3 aromatic carbocycles. The van der Waals surface area contributed by atoms with Gasteiger partial charge in [0.05, 0.1) is 19.8 Å². The molecule has 2 N–H and O–H groups in total. The number of ketones is 1. The second-order valence-corrected chi connectivity index (χ2v) is 7.03. The molecule has 0 amide bonds. The van der Waals surface area contributed by atoms with E-state index in [4.69, 9.17) is 9.47 Å². The highest BCUT2D eigenvalue weighted by Crippen LogP contribution is 2.11. The highest BCUT2D eigenvalue weighted by atomic mass is 16.5. The Balaban J connectivity index is 1.59. The van der Waals surface area contributed by atoms with Crippen molar-refractivity contribution in [2.24, 2.45) is 0 Å². The minimum absolute atomic E-state index is 0.0138. The maximum Gasteiger partial charge on any atom is 0.188 e. The lowest BCUT2D eigenvalue weighted by Crippen LogP contribution is -2.38. The second kappa shape index (κ2) is 12.4. The Labute approximate surface area is 183 Å². The molecule has 0 fully saturated rings. The third-order valence-corrected chi connectivity index (χ3v) is 4.57. The molecule has 31 heavy (non-hydrogen) atoms. The normalized spacial score (nSPS) is 13.1. The number of ether oxygens (including phenoxy) is 2. The number of benzene rings is 3. The van der Waals surface area contributed by atoms with Crippen LogP contribution in [0.25, 0.3) is 0 Å². The van der Waals surface area contributed by atoms with Crippen molar-refractivity contribution < 1.29 is 19.4 Å². The van der Waals surface area contributed by atoms with Crippen LogP contribution in [-0.2, 0) is 27.5 Å². The fourth-order valence-electron chi connectivity index (χ4n) is 2.95. The van der Waals surface area contributed by atoms with Crippen LogP contribution in [-0.4, -0.2) is 29.7 Å². The number of aliphatic hydroxyl groups excluding tert-OH is 1. The number of carbonyl (C=O) groups is 1. The maximum atomic E-state index is 12.8. The van der Waals surface area contributed by atoms with Gasteiger partial charge >= 0.3 is 0 Å². The van der Waals surface area contributed by atoms with E-state index in [2.05, 4.69) is 5.32 Å². The van der Waals surface area contributed by atoms with Crippen molar-refractivity contribution in [2.75, 3.05) is 11.9 Å². The van der Waals surface area contributed by atoms with Gasteiger partial charge in [-0.3, -0.25) is 4.79 Å². The van der Waals surface area contributed by atoms with Gasteiger partial charge in [0.25, 0.3) is 0 Å². The molecule has 0 aliphatic rings. The van der Waals surface area contributed by atoms with E-state index in [-0.39, 0.29) is 19.0 Å². The fourth-order valence-corrected chi connectivity index (χ4v) is 2.95. The molecule has 5 nitrogen and oxygen atoms in total. The van der Waals surface area contributed by atoms with Crippen molar-refractivity contribution in [2.45, 2.75) is 25.4 Å². The van der Waals surface area contributed by atoms with Crippen LogP contribution in [0.4, 0.5) is 5.69 Å². The number of para-hydroxylation sites is 1. The third-order valence-electron chi connectivity index (χ3n) is 4.57. The average molecular weight is 418 g/mol. The number of carbonyl (C=O) groups excluding carboxylic acids is 1. The highest BCUT2D eigenvalue weighted by molar-refractivity contribution is 5.94. The lowest BCUT2D eigenvalue weighted by Gasteiger charge is -2.21. The molecular weight excluding hydrogens is 390 g/mol. The van der Waals surface area contributed by atoms with Gasteiger partial charge in [-0.2, -0.15) is 0 Å². The Morgan fingerprint density at radius 1 is 0.839 bits per heavy atom. The van der Waals surface area contributed by atoms with Crippen LogP contribution >= 0.6 is 0 Å². The number of hydrogen-bond donors (Lipinski definition) is 2. The van der Waals surface area contributed by atoms with Crippen molar-refractivity contribution in [3.05, 3.63) is 114 Å². The molecule has 160 valence electrons. The zero-order valence-electron chi connectivity index (χ0n) is 17.3. The number of rotatable bonds is 12. The molecule has 0 heterocycles. The van der Waals surface area contributed by atoms with Crippen LogP contribution in [0.2, 0.25) is 0 Å². The Morgan fingerprint density at radius 3 is 2.00 bits per heavy atom. The van der Waals surface area contributed by atoms with Gasteiger partial charge in [-0.05, 0) is 29.3 Å². The highest BCUT2D eigenvalue weighted by Gasteiger charge is 2.26. The van der Waals surface area contributed by atoms with Crippen molar-refractivity contribution in [1.82, 2.24) is 0 Å². The molecule has 3 aromatic rings. The van der Waals surface area contributed by atoms with Gasteiger partial charge in [-0.15, -0.1) is 0 Å². The van der Waals surface area contributed by atoms with Gasteiger partial charge < -0.3 is 19.9 Å². The van der Waals surface area contributed by atoms with E-state index in [0.717, 1.165) is 16.8 Å². The third kappa shape index (κ3) is 7.83. The lowest BCUT2D eigenvalue weighted by molar-refractivity contribution is -0.139. The minimum Gasteiger partial charge on any atom is -0.387 e. The summed E-state index contributed by atoms with van der Waals surface area (Å²) in [7, 11) is 0. The van der Waals surface area contributed by atoms with Crippen LogP contribution in [0.1, 0.15) is 11.1 Å². The molecule has 0 spiro atoms. The second-order valence-electron chi connectivity index (χ2n) is 7.03. The average Bonchev–Trinajstić information content (AvgIpc) is 2.81. The van der Waals surface area contributed by atoms with Gasteiger partial charge in [0.1, 0.15) is 12.2 Å². The van der Waals surface area contributed by atoms with Gasteiger partial charge in [-0.1, -0.05) is 78.9 Å². The van der Waals surface area contributed by atoms with Crippen LogP contribution in [0.5, 0.6) is 0 Å². The van der Waals surface area contributed by atoms with Crippen LogP contribution < -0.4 is 5.32 Å². The van der Waals surface area contributed by atoms with E-state index < -0.39 is 12.2 Å². The van der Waals surface area contributed by atoms with Crippen LogP contribution in [0.3, 0.4) is 0 Å². The van der Waals surface area contributed by atoms with E-state index in [1.165, 1.54) is 6.08 Å². The maximum absolute atomic E-state index is 12.8. The van der Waals surface area contributed by atoms with Gasteiger partial charge in [0.2, 0.25) is 0 Å². The summed E-state index contributed by atoms with van der Waals surface area (Å²) in [6.07, 6.45) is 0.795. The summed E-state index contributed by atoms with van der Waals surface area (Å²) in [4.78, 5) is 12.8. The van der Waals surface area contributed by atoms with E-state index in [0.29, 0.717) is 6.61 Å². The molecule has 0 aliphatic carbocycles. The predicted octanol–water partition coefficient (Wildman–Crippen LogP) is 4.34. The first-order valence-corrected chi connectivity index (χ1v) is 10.2. The first kappa shape index (κ1) is 22.4. The van der Waals surface area contributed by atoms with Crippen LogP contribution in [0, 0.1) is 0 Å². The molecule has 0 unspecified atom stereocenters. The first-order chi connectivity index (χ1) is 15.2. The summed E-state index contributed by atoms with van der Waals surface area (Å²) in [6, 6.07) is 28.7. The zero-order valence-corrected chi connectivity index (χ0v) is 17.3. The zero-order chi connectivity index (χ0) is 21.7. The van der Waals surface area contributed by atoms with E-state index in [9.17, 15) is 9.90 Å². The van der Waals surface area contributed by atoms with Crippen molar-refractivity contribution in [3.8, 4) is 0 Å². The Hall–Kier alpha value is -3.25. The van der Waals surface area contributed by atoms with Crippen LogP contribution in [0.15, 0.2) is 103 Å². The first-order valence-electron chi connectivity index (χ1n) is 10.2. The van der Waals surface area contributed by atoms with Crippen molar-refractivity contribution >= 4 is 11.5 Å². The van der Waals surface area contributed by atoms with Gasteiger partial charge in [0, 0.05) is 11.9 Å². The van der Waals surface area contributed by atoms with E-state index in [1.54, 1.807) is 6.20 Å². The summed E-state index contributed by atoms with van der Waals surface area (Å²) in [5.41, 5.74) is 2.78. The molecule has 0 bridgehead atoms. The molecular formula is C26H27NO4. The molecule has 0 aromatic heterocycles. The Bertz CT molecular complexity index is 929. The number of anilines is 1. The smallest absolute Gasteiger partial charge is 0.188 e. The quantitative estimate of drug-likeness (QED) is 0.429. The van der Waals surface area contributed by atoms with Gasteiger partial charge in [0.15, 0.2) is 5.78 Å². The molecule has 0 aliphatic heterocycles. The van der Waals surface area contributed by atoms with Crippen molar-refractivity contribution in [1.29, 1.82) is 0 Å². The minimum atomic E-state index is -1.10. The Kier molecular flexibility index (Phi) is 9.01. The summed E-state index contributed by atoms with van der Waals surface area (Å²) in [5, 5.41) is 13.7. The van der Waals surface area contributed by atoms with Gasteiger partial charge in [-0.25, -0.2) is 0 Å². The van der Waals surface area contributed by atoms with Crippen molar-refractivity contribution in [3.63, 3.8) is 0 Å². The molecule has 0 radical (unpaired) electrons. The molecule has 5 heteroatoms. The monoisotopic (exact) mass is 417 g/mol. The van der Waals surface area contributed by atoms with E-state index in [1.807, 2.05) is 91.0 Å². The summed E-state index contributed by atoms with van der Waals surface area (Å²) in [5.74, 6) is -0.338. The molecule has 0 saturated heterocycles. The fraction of sp³-hybridized carbons (Fsp3) is 0.192. The summed E-state index contributed by atoms with van der Waals surface area (Å²) >= 11 is 0. The molecule has 2 atom stereocenters. The lowest BCUT2D eigenvalue weighted by atomic mass is 10.1. The number of hydrogen-bond acceptors (Lipinski definition) is 5. The topological polar surface area (TPSA) is 67.8 Å². The number of aliphatic hydroxyl groups is 1. The SMILES string of the molecule is O=C(/C=C/Nc1ccccc1)[C@H](OCc1ccccc1)[C@H](O)COCc1ccccc1.